The van der Waals surface area contributed by atoms with Gasteiger partial charge in [0, 0.05) is 49.4 Å². The fourth-order valence-electron chi connectivity index (χ4n) is 6.95. The Morgan fingerprint density at radius 3 is 2.23 bits per heavy atom. The number of carbonyl (C=O) groups is 4. The molecule has 1 aliphatic carbocycles. The number of hydrogen-bond donors (Lipinski definition) is 2. The summed E-state index contributed by atoms with van der Waals surface area (Å²) >= 11 is 0. The third-order valence-electron chi connectivity index (χ3n) is 10.1. The Labute approximate surface area is 304 Å². The van der Waals surface area contributed by atoms with Gasteiger partial charge in [0.05, 0.1) is 11.1 Å². The lowest BCUT2D eigenvalue weighted by Gasteiger charge is -2.36. The van der Waals surface area contributed by atoms with Crippen LogP contribution in [0.5, 0.6) is 17.4 Å². The zero-order chi connectivity index (χ0) is 36.9. The van der Waals surface area contributed by atoms with Crippen LogP contribution >= 0.6 is 0 Å². The predicted octanol–water partition coefficient (Wildman–Crippen LogP) is 5.98. The van der Waals surface area contributed by atoms with E-state index < -0.39 is 29.7 Å². The number of nitrogens with one attached hydrogen (secondary N) is 2. The molecule has 1 unspecified atom stereocenters. The minimum atomic E-state index is -0.990. The van der Waals surface area contributed by atoms with Crippen molar-refractivity contribution in [1.29, 1.82) is 0 Å². The Hall–Kier alpha value is -6.37. The molecular formula is C40H36N6O7. The molecule has 4 amide bonds. The van der Waals surface area contributed by atoms with Crippen LogP contribution in [0.25, 0.3) is 11.5 Å². The number of pyridine rings is 1. The van der Waals surface area contributed by atoms with Gasteiger partial charge in [-0.2, -0.15) is 4.98 Å². The molecule has 1 saturated heterocycles. The second kappa shape index (κ2) is 13.3. The van der Waals surface area contributed by atoms with Crippen molar-refractivity contribution in [3.8, 4) is 28.9 Å². The van der Waals surface area contributed by atoms with Crippen molar-refractivity contribution in [2.24, 2.45) is 0 Å². The van der Waals surface area contributed by atoms with E-state index in [2.05, 4.69) is 63.9 Å². The quantitative estimate of drug-likeness (QED) is 0.164. The summed E-state index contributed by atoms with van der Waals surface area (Å²) in [5, 5.41) is 9.58. The van der Waals surface area contributed by atoms with Crippen molar-refractivity contribution in [3.05, 3.63) is 113 Å². The molecule has 2 aromatic heterocycles. The highest BCUT2D eigenvalue weighted by atomic mass is 16.5. The second-order valence-corrected chi connectivity index (χ2v) is 14.0. The van der Waals surface area contributed by atoms with E-state index in [4.69, 9.17) is 14.0 Å². The van der Waals surface area contributed by atoms with Crippen molar-refractivity contribution in [2.75, 3.05) is 5.32 Å². The third kappa shape index (κ3) is 6.61. The Balaban J connectivity index is 0.839. The highest BCUT2D eigenvalue weighted by Gasteiger charge is 2.45. The fourth-order valence-corrected chi connectivity index (χ4v) is 6.95. The molecule has 3 aliphatic rings. The van der Waals surface area contributed by atoms with Crippen LogP contribution in [0.1, 0.15) is 77.3 Å². The lowest BCUT2D eigenvalue weighted by Crippen LogP contribution is -2.54. The van der Waals surface area contributed by atoms with Crippen LogP contribution < -0.4 is 20.1 Å². The number of ether oxygens (including phenoxy) is 2. The summed E-state index contributed by atoms with van der Waals surface area (Å²) in [5.41, 5.74) is 3.76. The SMILES string of the molecule is Cc1nc(-c2cccc(Oc3ccc(C(C)(C)c4ccc(O[C@H]5C[C@H](Nc6ccc7c(c6)C(=O)N(C6CCC(=O)NC6=O)C7=O)C5)cc4)cc3)n2)no1. The summed E-state index contributed by atoms with van der Waals surface area (Å²) in [6.45, 7) is 6.08. The molecule has 3 aromatic carbocycles. The van der Waals surface area contributed by atoms with Gasteiger partial charge in [-0.05, 0) is 66.1 Å². The molecule has 0 spiro atoms. The monoisotopic (exact) mass is 712 g/mol. The molecule has 4 heterocycles. The second-order valence-electron chi connectivity index (χ2n) is 14.0. The molecule has 8 rings (SSSR count). The number of imide groups is 2. The van der Waals surface area contributed by atoms with Crippen molar-refractivity contribution >= 4 is 29.3 Å². The van der Waals surface area contributed by atoms with Gasteiger partial charge in [0.1, 0.15) is 29.3 Å². The molecule has 2 N–H and O–H groups in total. The standard InChI is InChI=1S/C40H36N6O7/c1-22-41-36(45-53-22)32-5-4-6-35(43-32)52-28-14-9-24(10-15-28)40(2,3)23-7-12-27(13-8-23)51-29-19-26(20-29)42-25-11-16-30-31(21-25)39(50)46(38(30)49)33-17-18-34(47)44-37(33)48/h4-16,21,26,29,33,42H,17-20H2,1-3H3,(H,44,47,48)/t26-,29-,33?. The molecule has 1 atom stereocenters. The van der Waals surface area contributed by atoms with Crippen LogP contribution in [0.4, 0.5) is 5.69 Å². The van der Waals surface area contributed by atoms with E-state index in [9.17, 15) is 19.2 Å². The number of fused-ring (bicyclic) bond motifs is 1. The highest BCUT2D eigenvalue weighted by Crippen LogP contribution is 2.36. The van der Waals surface area contributed by atoms with E-state index in [0.717, 1.165) is 34.6 Å². The Morgan fingerprint density at radius 2 is 1.55 bits per heavy atom. The molecule has 0 bridgehead atoms. The van der Waals surface area contributed by atoms with Gasteiger partial charge in [0.25, 0.3) is 11.8 Å². The molecule has 53 heavy (non-hydrogen) atoms. The minimum Gasteiger partial charge on any atom is -0.490 e. The zero-order valence-corrected chi connectivity index (χ0v) is 29.3. The molecule has 13 nitrogen and oxygen atoms in total. The van der Waals surface area contributed by atoms with Crippen LogP contribution in [0.3, 0.4) is 0 Å². The van der Waals surface area contributed by atoms with Crippen molar-refractivity contribution < 1.29 is 33.2 Å². The first-order valence-electron chi connectivity index (χ1n) is 17.5. The van der Waals surface area contributed by atoms with E-state index >= 15 is 0 Å². The van der Waals surface area contributed by atoms with E-state index in [1.165, 1.54) is 0 Å². The Kier molecular flexibility index (Phi) is 8.48. The number of rotatable bonds is 10. The van der Waals surface area contributed by atoms with Crippen molar-refractivity contribution in [1.82, 2.24) is 25.3 Å². The lowest BCUT2D eigenvalue weighted by molar-refractivity contribution is -0.136. The first-order chi connectivity index (χ1) is 25.5. The predicted molar refractivity (Wildman–Crippen MR) is 192 cm³/mol. The van der Waals surface area contributed by atoms with Crippen molar-refractivity contribution in [2.45, 2.75) is 70.1 Å². The number of nitrogens with zero attached hydrogens (tertiary/aromatic N) is 4. The number of piperidine rings is 1. The Bertz CT molecular complexity index is 2240. The average molecular weight is 713 g/mol. The number of hydrogen-bond acceptors (Lipinski definition) is 11. The molecular weight excluding hydrogens is 676 g/mol. The van der Waals surface area contributed by atoms with Crippen LogP contribution in [0.15, 0.2) is 89.5 Å². The van der Waals surface area contributed by atoms with Crippen LogP contribution in [-0.2, 0) is 15.0 Å². The van der Waals surface area contributed by atoms with E-state index in [-0.39, 0.29) is 41.5 Å². The minimum absolute atomic E-state index is 0.0334. The van der Waals surface area contributed by atoms with Crippen LogP contribution in [0.2, 0.25) is 0 Å². The summed E-state index contributed by atoms with van der Waals surface area (Å²) < 4.78 is 17.3. The zero-order valence-electron chi connectivity index (χ0n) is 29.3. The summed E-state index contributed by atoms with van der Waals surface area (Å²) in [6, 6.07) is 25.7. The largest absolute Gasteiger partial charge is 0.490 e. The molecule has 5 aromatic rings. The van der Waals surface area contributed by atoms with E-state index in [0.29, 0.717) is 34.7 Å². The lowest BCUT2D eigenvalue weighted by atomic mass is 9.78. The van der Waals surface area contributed by atoms with Gasteiger partial charge in [-0.15, -0.1) is 0 Å². The Morgan fingerprint density at radius 1 is 0.849 bits per heavy atom. The fraction of sp³-hybridized carbons (Fsp3) is 0.275. The number of anilines is 1. The first-order valence-corrected chi connectivity index (χ1v) is 17.5. The molecule has 1 saturated carbocycles. The van der Waals surface area contributed by atoms with Gasteiger partial charge in [0.2, 0.25) is 29.4 Å². The normalized spacial score (nSPS) is 19.8. The number of benzene rings is 3. The van der Waals surface area contributed by atoms with Gasteiger partial charge in [-0.3, -0.25) is 29.4 Å². The molecule has 13 heteroatoms. The summed E-state index contributed by atoms with van der Waals surface area (Å²) in [4.78, 5) is 59.8. The number of aromatic nitrogens is 3. The van der Waals surface area contributed by atoms with Crippen LogP contribution in [0, 0.1) is 6.92 Å². The van der Waals surface area contributed by atoms with Gasteiger partial charge in [-0.1, -0.05) is 49.3 Å². The molecule has 2 aliphatic heterocycles. The summed E-state index contributed by atoms with van der Waals surface area (Å²) in [5.74, 6) is 0.678. The highest BCUT2D eigenvalue weighted by molar-refractivity contribution is 6.23. The number of aryl methyl sites for hydroxylation is 1. The van der Waals surface area contributed by atoms with Crippen molar-refractivity contribution in [3.63, 3.8) is 0 Å². The van der Waals surface area contributed by atoms with Gasteiger partial charge < -0.3 is 19.3 Å². The first kappa shape index (κ1) is 33.8. The smallest absolute Gasteiger partial charge is 0.262 e. The average Bonchev–Trinajstić information content (AvgIpc) is 3.67. The molecule has 2 fully saturated rings. The summed E-state index contributed by atoms with van der Waals surface area (Å²) in [6.07, 6.45) is 1.77. The molecule has 0 radical (unpaired) electrons. The maximum absolute atomic E-state index is 13.2. The molecule has 268 valence electrons. The maximum atomic E-state index is 13.2. The number of carbonyl (C=O) groups excluding carboxylic acids is 4. The van der Waals surface area contributed by atoms with E-state index in [1.807, 2.05) is 30.3 Å². The summed E-state index contributed by atoms with van der Waals surface area (Å²) in [7, 11) is 0. The maximum Gasteiger partial charge on any atom is 0.262 e. The third-order valence-corrected chi connectivity index (χ3v) is 10.1. The van der Waals surface area contributed by atoms with E-state index in [1.54, 1.807) is 37.3 Å². The van der Waals surface area contributed by atoms with Gasteiger partial charge >= 0.3 is 0 Å². The number of amides is 4. The van der Waals surface area contributed by atoms with Gasteiger partial charge in [-0.25, -0.2) is 4.98 Å². The van der Waals surface area contributed by atoms with Crippen LogP contribution in [-0.4, -0.2) is 61.8 Å². The van der Waals surface area contributed by atoms with Gasteiger partial charge in [0.15, 0.2) is 0 Å². The topological polar surface area (TPSA) is 166 Å².